The third-order valence-corrected chi connectivity index (χ3v) is 2.54. The van der Waals surface area contributed by atoms with Gasteiger partial charge in [0.15, 0.2) is 0 Å². The second kappa shape index (κ2) is 7.21. The highest BCUT2D eigenvalue weighted by atomic mass is 16.2. The molecule has 1 aromatic rings. The molecule has 0 atom stereocenters. The highest BCUT2D eigenvalue weighted by molar-refractivity contribution is 5.75. The molecular weight excluding hydrogens is 244 g/mol. The van der Waals surface area contributed by atoms with Crippen LogP contribution in [0.2, 0.25) is 0 Å². The highest BCUT2D eigenvalue weighted by Gasteiger charge is 2.07. The van der Waals surface area contributed by atoms with Gasteiger partial charge in [-0.25, -0.2) is 4.68 Å². The molecule has 1 heterocycles. The van der Waals surface area contributed by atoms with Crippen molar-refractivity contribution in [1.29, 1.82) is 0 Å². The molecule has 0 radical (unpaired) electrons. The van der Waals surface area contributed by atoms with Crippen molar-refractivity contribution in [3.05, 3.63) is 22.6 Å². The van der Waals surface area contributed by atoms with Gasteiger partial charge in [-0.2, -0.15) is 5.10 Å². The molecule has 0 saturated carbocycles. The molecule has 0 saturated heterocycles. The molecule has 0 aliphatic heterocycles. The number of carbonyl (C=O) groups is 1. The maximum Gasteiger partial charge on any atom is 0.269 e. The van der Waals surface area contributed by atoms with Crippen LogP contribution in [0.4, 0.5) is 5.69 Å². The third kappa shape index (κ3) is 4.47. The van der Waals surface area contributed by atoms with Crippen molar-refractivity contribution >= 4 is 11.6 Å². The van der Waals surface area contributed by atoms with Gasteiger partial charge in [-0.1, -0.05) is 12.8 Å². The molecule has 0 aliphatic carbocycles. The first-order chi connectivity index (χ1) is 9.08. The molecule has 0 bridgehead atoms. The molecule has 0 aliphatic rings. The van der Waals surface area contributed by atoms with Crippen LogP contribution in [0.25, 0.3) is 0 Å². The lowest BCUT2D eigenvalue weighted by atomic mass is 10.3. The molecule has 102 valence electrons. The van der Waals surface area contributed by atoms with Crippen LogP contribution in [0.3, 0.4) is 0 Å². The minimum atomic E-state index is -0.331. The normalized spacial score (nSPS) is 9.74. The molecule has 6 heteroatoms. The van der Waals surface area contributed by atoms with Gasteiger partial charge in [0.1, 0.15) is 6.54 Å². The van der Waals surface area contributed by atoms with Crippen molar-refractivity contribution in [3.8, 4) is 12.3 Å². The van der Waals surface area contributed by atoms with Gasteiger partial charge in [0.25, 0.3) is 5.56 Å². The summed E-state index contributed by atoms with van der Waals surface area (Å²) in [6.07, 6.45) is 7.58. The van der Waals surface area contributed by atoms with Gasteiger partial charge >= 0.3 is 0 Å². The van der Waals surface area contributed by atoms with Crippen molar-refractivity contribution < 1.29 is 4.79 Å². The van der Waals surface area contributed by atoms with Crippen molar-refractivity contribution in [1.82, 2.24) is 15.1 Å². The van der Waals surface area contributed by atoms with E-state index in [0.717, 1.165) is 23.3 Å². The van der Waals surface area contributed by atoms with E-state index < -0.39 is 0 Å². The van der Waals surface area contributed by atoms with E-state index in [2.05, 4.69) is 23.3 Å². The van der Waals surface area contributed by atoms with Crippen LogP contribution >= 0.6 is 0 Å². The van der Waals surface area contributed by atoms with E-state index in [4.69, 9.17) is 6.42 Å². The van der Waals surface area contributed by atoms with E-state index in [1.807, 2.05) is 11.9 Å². The van der Waals surface area contributed by atoms with Crippen molar-refractivity contribution in [2.75, 3.05) is 25.0 Å². The number of nitrogens with zero attached hydrogens (tertiary/aromatic N) is 3. The molecule has 0 aromatic carbocycles. The number of hydrogen-bond acceptors (Lipinski definition) is 4. The zero-order chi connectivity index (χ0) is 14.3. The smallest absolute Gasteiger partial charge is 0.269 e. The van der Waals surface area contributed by atoms with Gasteiger partial charge in [0, 0.05) is 19.7 Å². The Morgan fingerprint density at radius 2 is 2.37 bits per heavy atom. The van der Waals surface area contributed by atoms with E-state index in [-0.39, 0.29) is 24.6 Å². The Morgan fingerprint density at radius 1 is 1.63 bits per heavy atom. The predicted molar refractivity (Wildman–Crippen MR) is 73.9 cm³/mol. The molecule has 0 spiro atoms. The van der Waals surface area contributed by atoms with E-state index in [1.54, 1.807) is 6.20 Å². The summed E-state index contributed by atoms with van der Waals surface area (Å²) in [6, 6.07) is 1.47. The molecule has 19 heavy (non-hydrogen) atoms. The number of hydrogen-bond donors (Lipinski definition) is 1. The molecule has 1 rings (SSSR count). The molecule has 0 fully saturated rings. The summed E-state index contributed by atoms with van der Waals surface area (Å²) >= 11 is 0. The number of rotatable bonds is 6. The maximum atomic E-state index is 11.8. The van der Waals surface area contributed by atoms with Crippen molar-refractivity contribution in [2.45, 2.75) is 19.9 Å². The highest BCUT2D eigenvalue weighted by Crippen LogP contribution is 2.06. The quantitative estimate of drug-likeness (QED) is 0.723. The number of carbonyl (C=O) groups excluding carboxylic acids is 1. The fourth-order valence-corrected chi connectivity index (χ4v) is 1.56. The summed E-state index contributed by atoms with van der Waals surface area (Å²) in [5.74, 6) is 1.96. The molecule has 1 amide bonds. The van der Waals surface area contributed by atoms with Crippen LogP contribution in [0.5, 0.6) is 0 Å². The summed E-state index contributed by atoms with van der Waals surface area (Å²) in [6.45, 7) is 2.91. The lowest BCUT2D eigenvalue weighted by Crippen LogP contribution is -2.34. The Labute approximate surface area is 112 Å². The molecular formula is C13H18N4O2. The van der Waals surface area contributed by atoms with Crippen LogP contribution in [0.1, 0.15) is 13.3 Å². The Bertz CT molecular complexity index is 530. The fourth-order valence-electron chi connectivity index (χ4n) is 1.56. The largest absolute Gasteiger partial charge is 0.373 e. The Kier molecular flexibility index (Phi) is 5.61. The second-order valence-electron chi connectivity index (χ2n) is 4.11. The number of amides is 1. The average Bonchev–Trinajstić information content (AvgIpc) is 2.39. The van der Waals surface area contributed by atoms with Gasteiger partial charge in [-0.3, -0.25) is 9.59 Å². The zero-order valence-corrected chi connectivity index (χ0v) is 11.2. The van der Waals surface area contributed by atoms with Crippen LogP contribution in [-0.4, -0.2) is 35.8 Å². The first-order valence-electron chi connectivity index (χ1n) is 6.07. The Morgan fingerprint density at radius 3 is 2.95 bits per heavy atom. The summed E-state index contributed by atoms with van der Waals surface area (Å²) in [4.78, 5) is 25.2. The monoisotopic (exact) mass is 262 g/mol. The van der Waals surface area contributed by atoms with Crippen molar-refractivity contribution in [3.63, 3.8) is 0 Å². The lowest BCUT2D eigenvalue weighted by Gasteiger charge is -2.17. The van der Waals surface area contributed by atoms with E-state index in [1.165, 1.54) is 6.07 Å². The summed E-state index contributed by atoms with van der Waals surface area (Å²) in [5, 5.41) is 6.46. The van der Waals surface area contributed by atoms with Gasteiger partial charge in [-0.05, 0) is 6.42 Å². The zero-order valence-electron chi connectivity index (χ0n) is 11.2. The first kappa shape index (κ1) is 14.8. The summed E-state index contributed by atoms with van der Waals surface area (Å²) in [7, 11) is 1.89. The van der Waals surface area contributed by atoms with Gasteiger partial charge in [0.2, 0.25) is 5.91 Å². The Hall–Kier alpha value is -2.29. The molecule has 1 aromatic heterocycles. The first-order valence-corrected chi connectivity index (χ1v) is 6.07. The maximum absolute atomic E-state index is 11.8. The fraction of sp³-hybridized carbons (Fsp3) is 0.462. The summed E-state index contributed by atoms with van der Waals surface area (Å²) < 4.78 is 1.11. The van der Waals surface area contributed by atoms with Crippen LogP contribution < -0.4 is 15.8 Å². The number of anilines is 1. The minimum absolute atomic E-state index is 0.127. The number of terminal acetylenes is 1. The van der Waals surface area contributed by atoms with Gasteiger partial charge in [-0.15, -0.1) is 6.42 Å². The average molecular weight is 262 g/mol. The SMILES string of the molecule is C#CCNC(=O)Cn1ncc(N(C)CCC)cc1=O. The summed E-state index contributed by atoms with van der Waals surface area (Å²) in [5.41, 5.74) is 0.434. The van der Waals surface area contributed by atoms with Gasteiger partial charge in [0.05, 0.1) is 18.4 Å². The van der Waals surface area contributed by atoms with Crippen LogP contribution in [0, 0.1) is 12.3 Å². The van der Waals surface area contributed by atoms with Gasteiger partial charge < -0.3 is 10.2 Å². The van der Waals surface area contributed by atoms with Crippen molar-refractivity contribution in [2.24, 2.45) is 0 Å². The van der Waals surface area contributed by atoms with Crippen LogP contribution in [0.15, 0.2) is 17.1 Å². The number of aromatic nitrogens is 2. The topological polar surface area (TPSA) is 67.2 Å². The molecule has 1 N–H and O–H groups in total. The minimum Gasteiger partial charge on any atom is -0.373 e. The third-order valence-electron chi connectivity index (χ3n) is 2.54. The molecule has 0 unspecified atom stereocenters. The predicted octanol–water partition coefficient (Wildman–Crippen LogP) is -0.161. The van der Waals surface area contributed by atoms with E-state index >= 15 is 0 Å². The van der Waals surface area contributed by atoms with E-state index in [0.29, 0.717) is 0 Å². The second-order valence-corrected chi connectivity index (χ2v) is 4.11. The standard InChI is InChI=1S/C13H18N4O2/c1-4-6-14-12(18)10-17-13(19)8-11(9-15-17)16(3)7-5-2/h1,8-9H,5-7,10H2,2-3H3,(H,14,18). The van der Waals surface area contributed by atoms with Crippen LogP contribution in [-0.2, 0) is 11.3 Å². The Balaban J connectivity index is 2.75. The van der Waals surface area contributed by atoms with E-state index in [9.17, 15) is 9.59 Å². The number of nitrogens with one attached hydrogen (secondary N) is 1. The molecule has 6 nitrogen and oxygen atoms in total. The lowest BCUT2D eigenvalue weighted by molar-refractivity contribution is -0.121.